The number of amides is 1. The topological polar surface area (TPSA) is 66.6 Å². The van der Waals surface area contributed by atoms with Crippen LogP contribution in [0.25, 0.3) is 0 Å². The molecule has 0 aliphatic carbocycles. The second-order valence-corrected chi connectivity index (χ2v) is 6.21. The minimum absolute atomic E-state index is 0.0556. The normalized spacial score (nSPS) is 11.8. The maximum Gasteiger partial charge on any atom is 0.240 e. The first kappa shape index (κ1) is 17.4. The average Bonchev–Trinajstić information content (AvgIpc) is 2.51. The molecule has 0 aromatic heterocycles. The maximum absolute atomic E-state index is 13.5. The van der Waals surface area contributed by atoms with E-state index in [1.54, 1.807) is 12.1 Å². The van der Waals surface area contributed by atoms with E-state index in [1.165, 1.54) is 42.3 Å². The van der Waals surface area contributed by atoms with Crippen molar-refractivity contribution in [2.75, 3.05) is 7.05 Å². The monoisotopic (exact) mass is 396 g/mol. The van der Waals surface area contributed by atoms with Crippen LogP contribution in [0, 0.1) is 5.82 Å². The van der Waals surface area contributed by atoms with Crippen molar-refractivity contribution in [3.8, 4) is 5.75 Å². The number of halogens is 2. The van der Waals surface area contributed by atoms with Crippen molar-refractivity contribution >= 4 is 39.2 Å². The molecule has 1 unspecified atom stereocenters. The van der Waals surface area contributed by atoms with Crippen LogP contribution in [0.3, 0.4) is 0 Å². The van der Waals surface area contributed by atoms with Crippen molar-refractivity contribution in [2.45, 2.75) is 5.92 Å². The number of hydrogen-bond acceptors (Lipinski definition) is 3. The van der Waals surface area contributed by atoms with Gasteiger partial charge in [-0.1, -0.05) is 18.2 Å². The van der Waals surface area contributed by atoms with Crippen LogP contribution in [-0.4, -0.2) is 28.1 Å². The van der Waals surface area contributed by atoms with Crippen LogP contribution in [0.15, 0.2) is 46.9 Å². The lowest BCUT2D eigenvalue weighted by molar-refractivity contribution is -0.127. The lowest BCUT2D eigenvalue weighted by Crippen LogP contribution is -2.40. The average molecular weight is 397 g/mol. The molecule has 0 saturated carbocycles. The predicted molar refractivity (Wildman–Crippen MR) is 93.6 cm³/mol. The Morgan fingerprint density at radius 1 is 1.26 bits per heavy atom. The summed E-state index contributed by atoms with van der Waals surface area (Å²) in [5, 5.41) is 9.38. The van der Waals surface area contributed by atoms with Gasteiger partial charge < -0.3 is 10.8 Å². The van der Waals surface area contributed by atoms with Gasteiger partial charge in [0.25, 0.3) is 0 Å². The zero-order valence-electron chi connectivity index (χ0n) is 12.2. The SMILES string of the molecule is CN(C(=O)C(c1ccc(O)cc1)c1ccc(F)c(Br)c1)C(N)=S. The molecule has 0 aliphatic rings. The maximum atomic E-state index is 13.5. The molecular weight excluding hydrogens is 383 g/mol. The Kier molecular flexibility index (Phi) is 5.33. The van der Waals surface area contributed by atoms with Crippen LogP contribution in [0.4, 0.5) is 4.39 Å². The summed E-state index contributed by atoms with van der Waals surface area (Å²) in [5.74, 6) is -1.41. The molecule has 0 aliphatic heterocycles. The quantitative estimate of drug-likeness (QED) is 0.782. The molecule has 0 fully saturated rings. The lowest BCUT2D eigenvalue weighted by atomic mass is 9.90. The van der Waals surface area contributed by atoms with Crippen LogP contribution in [0.1, 0.15) is 17.0 Å². The number of phenols is 1. The third-order valence-electron chi connectivity index (χ3n) is 3.41. The highest BCUT2D eigenvalue weighted by molar-refractivity contribution is 9.10. The van der Waals surface area contributed by atoms with Crippen molar-refractivity contribution in [3.05, 3.63) is 63.9 Å². The standard InChI is InChI=1S/C16H14BrFN2O2S/c1-20(16(19)23)15(22)14(9-2-5-11(21)6-3-9)10-4-7-13(18)12(17)8-10/h2-8,14,21H,1H3,(H2,19,23). The molecule has 1 amide bonds. The molecular formula is C16H14BrFN2O2S. The highest BCUT2D eigenvalue weighted by Gasteiger charge is 2.27. The van der Waals surface area contributed by atoms with Crippen molar-refractivity contribution in [1.82, 2.24) is 4.90 Å². The van der Waals surface area contributed by atoms with E-state index in [4.69, 9.17) is 18.0 Å². The number of benzene rings is 2. The number of phenolic OH excluding ortho intramolecular Hbond substituents is 1. The van der Waals surface area contributed by atoms with Crippen LogP contribution < -0.4 is 5.73 Å². The van der Waals surface area contributed by atoms with Crippen molar-refractivity contribution < 1.29 is 14.3 Å². The summed E-state index contributed by atoms with van der Waals surface area (Å²) < 4.78 is 13.7. The molecule has 0 heterocycles. The number of likely N-dealkylation sites (N-methyl/N-ethyl adjacent to an activating group) is 1. The van der Waals surface area contributed by atoms with Crippen LogP contribution in [-0.2, 0) is 4.79 Å². The molecule has 1 atom stereocenters. The van der Waals surface area contributed by atoms with E-state index >= 15 is 0 Å². The molecule has 0 bridgehead atoms. The number of hydrogen-bond donors (Lipinski definition) is 2. The summed E-state index contributed by atoms with van der Waals surface area (Å²) in [7, 11) is 1.48. The third kappa shape index (κ3) is 3.86. The van der Waals surface area contributed by atoms with Gasteiger partial charge in [-0.2, -0.15) is 0 Å². The molecule has 23 heavy (non-hydrogen) atoms. The summed E-state index contributed by atoms with van der Waals surface area (Å²) in [6, 6.07) is 10.6. The van der Waals surface area contributed by atoms with E-state index in [9.17, 15) is 14.3 Å². The fraction of sp³-hybridized carbons (Fsp3) is 0.125. The Bertz CT molecular complexity index is 752. The van der Waals surface area contributed by atoms with E-state index in [0.29, 0.717) is 11.1 Å². The van der Waals surface area contributed by atoms with Crippen molar-refractivity contribution in [2.24, 2.45) is 5.73 Å². The number of rotatable bonds is 3. The van der Waals surface area contributed by atoms with Gasteiger partial charge in [0.2, 0.25) is 5.91 Å². The van der Waals surface area contributed by atoms with E-state index in [0.717, 1.165) is 0 Å². The zero-order valence-corrected chi connectivity index (χ0v) is 14.6. The minimum atomic E-state index is -0.723. The van der Waals surface area contributed by atoms with Gasteiger partial charge in [0, 0.05) is 7.05 Å². The fourth-order valence-electron chi connectivity index (χ4n) is 2.14. The number of nitrogens with zero attached hydrogens (tertiary/aromatic N) is 1. The van der Waals surface area contributed by atoms with E-state index in [1.807, 2.05) is 0 Å². The molecule has 0 saturated heterocycles. The molecule has 2 rings (SSSR count). The molecule has 4 nitrogen and oxygen atoms in total. The Morgan fingerprint density at radius 3 is 2.35 bits per heavy atom. The number of carbonyl (C=O) groups is 1. The lowest BCUT2D eigenvalue weighted by Gasteiger charge is -2.23. The minimum Gasteiger partial charge on any atom is -0.508 e. The van der Waals surface area contributed by atoms with Crippen LogP contribution in [0.2, 0.25) is 0 Å². The van der Waals surface area contributed by atoms with Gasteiger partial charge in [-0.25, -0.2) is 4.39 Å². The number of nitrogens with two attached hydrogens (primary N) is 1. The summed E-state index contributed by atoms with van der Waals surface area (Å²) in [5.41, 5.74) is 6.75. The van der Waals surface area contributed by atoms with Gasteiger partial charge in [0.15, 0.2) is 5.11 Å². The molecule has 0 spiro atoms. The van der Waals surface area contributed by atoms with Crippen molar-refractivity contribution in [3.63, 3.8) is 0 Å². The highest BCUT2D eigenvalue weighted by Crippen LogP contribution is 2.30. The fourth-order valence-corrected chi connectivity index (χ4v) is 2.63. The van der Waals surface area contributed by atoms with Gasteiger partial charge in [-0.05, 0) is 63.5 Å². The largest absolute Gasteiger partial charge is 0.508 e. The van der Waals surface area contributed by atoms with E-state index in [-0.39, 0.29) is 21.2 Å². The third-order valence-corrected chi connectivity index (χ3v) is 4.29. The van der Waals surface area contributed by atoms with E-state index < -0.39 is 11.7 Å². The van der Waals surface area contributed by atoms with Gasteiger partial charge in [-0.3, -0.25) is 9.69 Å². The first-order valence-corrected chi connectivity index (χ1v) is 7.82. The van der Waals surface area contributed by atoms with Gasteiger partial charge in [0.1, 0.15) is 11.6 Å². The molecule has 7 heteroatoms. The molecule has 2 aromatic carbocycles. The first-order valence-electron chi connectivity index (χ1n) is 6.62. The van der Waals surface area contributed by atoms with Crippen LogP contribution in [0.5, 0.6) is 5.75 Å². The Balaban J connectivity index is 2.54. The summed E-state index contributed by atoms with van der Waals surface area (Å²) in [4.78, 5) is 13.9. The second kappa shape index (κ2) is 7.06. The summed E-state index contributed by atoms with van der Waals surface area (Å²) in [6.45, 7) is 0. The number of carbonyl (C=O) groups excluding carboxylic acids is 1. The van der Waals surface area contributed by atoms with E-state index in [2.05, 4.69) is 15.9 Å². The second-order valence-electron chi connectivity index (χ2n) is 4.93. The van der Waals surface area contributed by atoms with Gasteiger partial charge >= 0.3 is 0 Å². The zero-order chi connectivity index (χ0) is 17.1. The number of aromatic hydroxyl groups is 1. The molecule has 3 N–H and O–H groups in total. The highest BCUT2D eigenvalue weighted by atomic mass is 79.9. The van der Waals surface area contributed by atoms with Gasteiger partial charge in [-0.15, -0.1) is 0 Å². The van der Waals surface area contributed by atoms with Crippen LogP contribution >= 0.6 is 28.1 Å². The molecule has 120 valence electrons. The summed E-state index contributed by atoms with van der Waals surface area (Å²) in [6.07, 6.45) is 0. The van der Waals surface area contributed by atoms with Gasteiger partial charge in [0.05, 0.1) is 10.4 Å². The Morgan fingerprint density at radius 2 is 1.83 bits per heavy atom. The smallest absolute Gasteiger partial charge is 0.240 e. The number of thiocarbonyl (C=S) groups is 1. The predicted octanol–water partition coefficient (Wildman–Crippen LogP) is 3.13. The van der Waals surface area contributed by atoms with Crippen molar-refractivity contribution in [1.29, 1.82) is 0 Å². The Labute approximate surface area is 146 Å². The summed E-state index contributed by atoms with van der Waals surface area (Å²) >= 11 is 7.98. The molecule has 0 radical (unpaired) electrons. The first-order chi connectivity index (χ1) is 10.8. The Hall–Kier alpha value is -1.99. The molecule has 2 aromatic rings.